The quantitative estimate of drug-likeness (QED) is 0.579. The predicted octanol–water partition coefficient (Wildman–Crippen LogP) is 4.79. The van der Waals surface area contributed by atoms with Gasteiger partial charge in [0.15, 0.2) is 5.78 Å². The molecule has 0 bridgehead atoms. The highest BCUT2D eigenvalue weighted by molar-refractivity contribution is 7.99. The number of rotatable bonds is 5. The molecule has 0 heterocycles. The molecule has 2 aromatic carbocycles. The number of ketones is 1. The first-order valence-corrected chi connectivity index (χ1v) is 8.10. The van der Waals surface area contributed by atoms with Crippen LogP contribution in [0.2, 0.25) is 0 Å². The molecule has 102 valence electrons. The lowest BCUT2D eigenvalue weighted by Gasteiger charge is -2.03. The second kappa shape index (κ2) is 5.84. The van der Waals surface area contributed by atoms with Crippen molar-refractivity contribution in [2.24, 2.45) is 5.92 Å². The van der Waals surface area contributed by atoms with E-state index < -0.39 is 0 Å². The summed E-state index contributed by atoms with van der Waals surface area (Å²) in [6.07, 6.45) is 0.994. The minimum absolute atomic E-state index is 0.182. The molecule has 0 N–H and O–H groups in total. The molecule has 2 heteroatoms. The van der Waals surface area contributed by atoms with Gasteiger partial charge in [-0.1, -0.05) is 49.4 Å². The molecule has 1 aliphatic rings. The van der Waals surface area contributed by atoms with Crippen molar-refractivity contribution >= 4 is 17.5 Å². The Kier molecular flexibility index (Phi) is 3.93. The van der Waals surface area contributed by atoms with Crippen molar-refractivity contribution in [1.82, 2.24) is 0 Å². The van der Waals surface area contributed by atoms with Crippen molar-refractivity contribution in [3.8, 4) is 0 Å². The Hall–Kier alpha value is -1.54. The highest BCUT2D eigenvalue weighted by Crippen LogP contribution is 2.49. The first kappa shape index (κ1) is 13.4. The number of carbonyl (C=O) groups excluding carboxylic acids is 1. The second-order valence-electron chi connectivity index (χ2n) is 5.18. The van der Waals surface area contributed by atoms with Crippen LogP contribution in [0.1, 0.15) is 35.2 Å². The first-order valence-electron chi connectivity index (χ1n) is 7.11. The summed E-state index contributed by atoms with van der Waals surface area (Å²) >= 11 is 1.81. The zero-order valence-corrected chi connectivity index (χ0v) is 12.4. The molecule has 0 amide bonds. The summed E-state index contributed by atoms with van der Waals surface area (Å²) in [5.74, 6) is 1.97. The van der Waals surface area contributed by atoms with Gasteiger partial charge in [-0.15, -0.1) is 11.8 Å². The fourth-order valence-electron chi connectivity index (χ4n) is 2.65. The van der Waals surface area contributed by atoms with Crippen LogP contribution in [0, 0.1) is 5.92 Å². The van der Waals surface area contributed by atoms with Crippen LogP contribution in [0.4, 0.5) is 0 Å². The van der Waals surface area contributed by atoms with Crippen LogP contribution >= 0.6 is 11.8 Å². The maximum absolute atomic E-state index is 12.5. The Morgan fingerprint density at radius 3 is 2.45 bits per heavy atom. The summed E-state index contributed by atoms with van der Waals surface area (Å²) < 4.78 is 0. The summed E-state index contributed by atoms with van der Waals surface area (Å²) in [6.45, 7) is 2.14. The lowest BCUT2D eigenvalue weighted by Crippen LogP contribution is -2.02. The van der Waals surface area contributed by atoms with Gasteiger partial charge in [0, 0.05) is 16.4 Å². The van der Waals surface area contributed by atoms with Gasteiger partial charge in [-0.3, -0.25) is 4.79 Å². The molecule has 0 aliphatic heterocycles. The lowest BCUT2D eigenvalue weighted by atomic mass is 10.0. The average Bonchev–Trinajstić information content (AvgIpc) is 3.29. The van der Waals surface area contributed by atoms with Crippen LogP contribution < -0.4 is 0 Å². The van der Waals surface area contributed by atoms with Crippen molar-refractivity contribution in [1.29, 1.82) is 0 Å². The average molecular weight is 282 g/mol. The summed E-state index contributed by atoms with van der Waals surface area (Å²) in [4.78, 5) is 13.7. The molecule has 3 rings (SSSR count). The van der Waals surface area contributed by atoms with Crippen LogP contribution in [0.3, 0.4) is 0 Å². The first-order chi connectivity index (χ1) is 9.79. The zero-order chi connectivity index (χ0) is 13.9. The molecule has 1 aliphatic carbocycles. The highest BCUT2D eigenvalue weighted by Gasteiger charge is 2.43. The number of carbonyl (C=O) groups is 1. The third kappa shape index (κ3) is 2.80. The number of hydrogen-bond donors (Lipinski definition) is 0. The van der Waals surface area contributed by atoms with Crippen molar-refractivity contribution in [3.05, 3.63) is 65.7 Å². The summed E-state index contributed by atoms with van der Waals surface area (Å²) in [7, 11) is 0. The van der Waals surface area contributed by atoms with Crippen LogP contribution in [0.25, 0.3) is 0 Å². The minimum Gasteiger partial charge on any atom is -0.294 e. The zero-order valence-electron chi connectivity index (χ0n) is 11.6. The standard InChI is InChI=1S/C18H18OS/c1-2-20-15-10-8-14(9-11-15)18(19)17-12-16(17)13-6-4-3-5-7-13/h3-11,16-17H,2,12H2,1H3. The lowest BCUT2D eigenvalue weighted by molar-refractivity contribution is 0.0965. The molecular weight excluding hydrogens is 264 g/mol. The molecule has 2 unspecified atom stereocenters. The Labute approximate surface area is 124 Å². The van der Waals surface area contributed by atoms with E-state index in [1.165, 1.54) is 10.5 Å². The number of hydrogen-bond acceptors (Lipinski definition) is 2. The van der Waals surface area contributed by atoms with Crippen LogP contribution in [0.5, 0.6) is 0 Å². The minimum atomic E-state index is 0.182. The van der Waals surface area contributed by atoms with Gasteiger partial charge in [-0.2, -0.15) is 0 Å². The summed E-state index contributed by atoms with van der Waals surface area (Å²) in [5, 5.41) is 0. The van der Waals surface area contributed by atoms with Gasteiger partial charge in [-0.25, -0.2) is 0 Å². The SMILES string of the molecule is CCSc1ccc(C(=O)C2CC2c2ccccc2)cc1. The molecule has 2 atom stereocenters. The van der Waals surface area contributed by atoms with E-state index in [9.17, 15) is 4.79 Å². The van der Waals surface area contributed by atoms with Crippen LogP contribution in [-0.2, 0) is 0 Å². The number of Topliss-reactive ketones (excluding diaryl/α,β-unsaturated/α-hetero) is 1. The van der Waals surface area contributed by atoms with Crippen molar-refractivity contribution in [2.75, 3.05) is 5.75 Å². The van der Waals surface area contributed by atoms with Gasteiger partial charge in [0.1, 0.15) is 0 Å². The van der Waals surface area contributed by atoms with E-state index in [0.717, 1.165) is 17.7 Å². The van der Waals surface area contributed by atoms with Crippen molar-refractivity contribution in [3.63, 3.8) is 0 Å². The molecule has 20 heavy (non-hydrogen) atoms. The van der Waals surface area contributed by atoms with Gasteiger partial charge in [0.25, 0.3) is 0 Å². The predicted molar refractivity (Wildman–Crippen MR) is 84.5 cm³/mol. The van der Waals surface area contributed by atoms with E-state index in [-0.39, 0.29) is 5.92 Å². The number of benzene rings is 2. The van der Waals surface area contributed by atoms with E-state index in [2.05, 4.69) is 31.2 Å². The van der Waals surface area contributed by atoms with Crippen LogP contribution in [0.15, 0.2) is 59.5 Å². The maximum Gasteiger partial charge on any atom is 0.166 e. The van der Waals surface area contributed by atoms with Crippen LogP contribution in [-0.4, -0.2) is 11.5 Å². The Bertz CT molecular complexity index is 589. The van der Waals surface area contributed by atoms with E-state index in [1.807, 2.05) is 30.3 Å². The molecule has 1 nitrogen and oxygen atoms in total. The third-order valence-electron chi connectivity index (χ3n) is 3.80. The molecule has 0 aromatic heterocycles. The van der Waals surface area contributed by atoms with E-state index >= 15 is 0 Å². The van der Waals surface area contributed by atoms with E-state index in [1.54, 1.807) is 11.8 Å². The number of thioether (sulfide) groups is 1. The molecule has 1 saturated carbocycles. The van der Waals surface area contributed by atoms with E-state index in [4.69, 9.17) is 0 Å². The maximum atomic E-state index is 12.5. The van der Waals surface area contributed by atoms with Crippen molar-refractivity contribution < 1.29 is 4.79 Å². The molecule has 1 fully saturated rings. The molecule has 0 spiro atoms. The topological polar surface area (TPSA) is 17.1 Å². The molecule has 0 saturated heterocycles. The third-order valence-corrected chi connectivity index (χ3v) is 4.70. The molecule has 2 aromatic rings. The molecule has 0 radical (unpaired) electrons. The fourth-order valence-corrected chi connectivity index (χ4v) is 3.31. The monoisotopic (exact) mass is 282 g/mol. The van der Waals surface area contributed by atoms with Gasteiger partial charge in [0.05, 0.1) is 0 Å². The Balaban J connectivity index is 1.68. The second-order valence-corrected chi connectivity index (χ2v) is 6.52. The summed E-state index contributed by atoms with van der Waals surface area (Å²) in [6, 6.07) is 18.4. The van der Waals surface area contributed by atoms with Gasteiger partial charge in [0.2, 0.25) is 0 Å². The van der Waals surface area contributed by atoms with Gasteiger partial charge >= 0.3 is 0 Å². The fraction of sp³-hybridized carbons (Fsp3) is 0.278. The van der Waals surface area contributed by atoms with Crippen molar-refractivity contribution in [2.45, 2.75) is 24.2 Å². The largest absolute Gasteiger partial charge is 0.294 e. The Morgan fingerprint density at radius 1 is 1.10 bits per heavy atom. The Morgan fingerprint density at radius 2 is 1.80 bits per heavy atom. The summed E-state index contributed by atoms with van der Waals surface area (Å²) in [5.41, 5.74) is 2.15. The van der Waals surface area contributed by atoms with E-state index in [0.29, 0.717) is 11.7 Å². The molecular formula is C18H18OS. The smallest absolute Gasteiger partial charge is 0.166 e. The highest BCUT2D eigenvalue weighted by atomic mass is 32.2. The normalized spacial score (nSPS) is 20.6. The van der Waals surface area contributed by atoms with Gasteiger partial charge < -0.3 is 0 Å². The van der Waals surface area contributed by atoms with Gasteiger partial charge in [-0.05, 0) is 35.8 Å².